The largest absolute Gasteiger partial charge is 0.455 e. The summed E-state index contributed by atoms with van der Waals surface area (Å²) in [5.41, 5.74) is 49.6. The van der Waals surface area contributed by atoms with Crippen molar-refractivity contribution in [1.29, 1.82) is 0 Å². The van der Waals surface area contributed by atoms with Crippen LogP contribution < -0.4 is 18.3 Å². The molecule has 0 bridgehead atoms. The van der Waals surface area contributed by atoms with Crippen molar-refractivity contribution in [2.45, 2.75) is 222 Å². The van der Waals surface area contributed by atoms with E-state index in [2.05, 4.69) is 434 Å². The van der Waals surface area contributed by atoms with Gasteiger partial charge < -0.3 is 17.7 Å². The second-order valence-electron chi connectivity index (χ2n) is 44.7. The third-order valence-electron chi connectivity index (χ3n) is 32.8. The molecule has 5 aliphatic carbocycles. The number of pyridine rings is 5. The van der Waals surface area contributed by atoms with Crippen LogP contribution in [0, 0.1) is 39.5 Å². The lowest BCUT2D eigenvalue weighted by Crippen LogP contribution is -2.31. The standard InChI is InChI=1S/C37H42NO.C33H32NO.C31H30NO.C30H29N2O/c1-22(2)20-37(21-23(3)4)29-12-10-9-11-27(29)34-30(37)15-16-32-35(34)28-14-13-25(7)33(36(28)39-32)31-19-26(24(5)6)17-18-38(31)8;1-20(2)22-15-18-34(4)27(19-22)29-21(3)11-12-24-31-28(35-32(24)29)14-13-26-30(31)23-9-5-6-10-25(23)33(26)16-7-8-17-33;1-18(2)20-15-16-32(6)25(17-20)27-19(3)11-12-22-29-26(33-30(22)27)14-13-24-28(29)21-9-7-8-10-23(21)31(24,4)5;1-17(2)19-13-15-32(6)24(16-19)25-18(3)9-10-20-21-11-12-23-26(28(21)33-27(20)25)22-8-7-14-31-29(22)30(23,4)5/h9-19,22-24H,20-21H2,1-8H3;5-6,9-15,18-20H,7-8,16-17H2,1-4H3;7-18H,1-6H3;7-17H,1-6H3/q4*+1. The Balaban J connectivity index is 0.000000108. The summed E-state index contributed by atoms with van der Waals surface area (Å²) < 4.78 is 36.0. The third kappa shape index (κ3) is 14.2. The van der Waals surface area contributed by atoms with E-state index in [1.54, 1.807) is 0 Å². The first-order valence-electron chi connectivity index (χ1n) is 51.4. The van der Waals surface area contributed by atoms with Crippen LogP contribution in [0.2, 0.25) is 0 Å². The zero-order valence-corrected chi connectivity index (χ0v) is 86.4. The molecule has 0 radical (unpaired) electrons. The van der Waals surface area contributed by atoms with Crippen LogP contribution in [0.4, 0.5) is 0 Å². The van der Waals surface area contributed by atoms with Gasteiger partial charge in [0.15, 0.2) is 24.8 Å². The Morgan fingerprint density at radius 1 is 0.293 bits per heavy atom. The van der Waals surface area contributed by atoms with Crippen LogP contribution in [0.3, 0.4) is 0 Å². The van der Waals surface area contributed by atoms with E-state index in [0.717, 1.165) is 63.2 Å². The predicted molar refractivity (Wildman–Crippen MR) is 579 cm³/mol. The fourth-order valence-corrected chi connectivity index (χ4v) is 25.7. The Morgan fingerprint density at radius 2 is 0.614 bits per heavy atom. The molecule has 9 heterocycles. The predicted octanol–water partition coefficient (Wildman–Crippen LogP) is 33.2. The first-order valence-corrected chi connectivity index (χ1v) is 51.4. The molecule has 0 aliphatic heterocycles. The summed E-state index contributed by atoms with van der Waals surface area (Å²) in [5.74, 6) is 3.09. The first kappa shape index (κ1) is 91.5. The van der Waals surface area contributed by atoms with Crippen LogP contribution in [-0.4, -0.2) is 4.98 Å². The van der Waals surface area contributed by atoms with Crippen LogP contribution in [0.1, 0.15) is 262 Å². The van der Waals surface area contributed by atoms with Gasteiger partial charge in [0.25, 0.3) is 0 Å². The number of aryl methyl sites for hydroxylation is 8. The lowest BCUT2D eigenvalue weighted by molar-refractivity contribution is -0.660. The topological polar surface area (TPSA) is 81.0 Å². The first-order chi connectivity index (χ1) is 67.2. The number of benzene rings is 11. The van der Waals surface area contributed by atoms with Gasteiger partial charge in [0.2, 0.25) is 22.8 Å². The number of hydrogen-bond acceptors (Lipinski definition) is 5. The molecular weight excluding hydrogens is 1710 g/mol. The van der Waals surface area contributed by atoms with Crippen molar-refractivity contribution in [3.05, 3.63) is 351 Å². The molecular formula is C131H133N5O4+4. The third-order valence-corrected chi connectivity index (χ3v) is 32.8. The number of rotatable bonds is 12. The van der Waals surface area contributed by atoms with Gasteiger partial charge >= 0.3 is 0 Å². The van der Waals surface area contributed by atoms with Gasteiger partial charge in [-0.2, -0.15) is 0 Å². The molecule has 20 aromatic rings. The average molecular weight is 1840 g/mol. The lowest BCUT2D eigenvalue weighted by Gasteiger charge is -2.35. The molecule has 1 spiro atoms. The van der Waals surface area contributed by atoms with Gasteiger partial charge in [-0.25, -0.2) is 18.3 Å². The summed E-state index contributed by atoms with van der Waals surface area (Å²) in [6, 6.07) is 85.8. The van der Waals surface area contributed by atoms with E-state index in [-0.39, 0.29) is 21.7 Å². The quantitative estimate of drug-likeness (QED) is 0.114. The molecule has 25 rings (SSSR count). The maximum atomic E-state index is 6.83. The highest BCUT2D eigenvalue weighted by Crippen LogP contribution is 2.63. The molecule has 1 fully saturated rings. The van der Waals surface area contributed by atoms with Crippen LogP contribution in [0.15, 0.2) is 279 Å². The highest BCUT2D eigenvalue weighted by Gasteiger charge is 2.49. The second-order valence-corrected chi connectivity index (χ2v) is 44.7. The molecule has 140 heavy (non-hydrogen) atoms. The molecule has 0 N–H and O–H groups in total. The summed E-state index contributed by atoms with van der Waals surface area (Å²) in [5, 5.41) is 9.79. The summed E-state index contributed by atoms with van der Waals surface area (Å²) >= 11 is 0. The fourth-order valence-electron chi connectivity index (χ4n) is 25.7. The van der Waals surface area contributed by atoms with Crippen LogP contribution in [-0.2, 0) is 49.9 Å². The minimum absolute atomic E-state index is 0.0186. The number of aromatic nitrogens is 5. The summed E-state index contributed by atoms with van der Waals surface area (Å²) in [6.45, 7) is 45.4. The molecule has 9 nitrogen and oxygen atoms in total. The van der Waals surface area contributed by atoms with Crippen molar-refractivity contribution in [3.63, 3.8) is 0 Å². The molecule has 1 saturated carbocycles. The Bertz CT molecular complexity index is 8420. The van der Waals surface area contributed by atoms with Crippen molar-refractivity contribution < 1.29 is 35.9 Å². The minimum atomic E-state index is -0.143. The van der Waals surface area contributed by atoms with E-state index in [9.17, 15) is 0 Å². The van der Waals surface area contributed by atoms with E-state index in [1.807, 2.05) is 12.3 Å². The minimum Gasteiger partial charge on any atom is -0.455 e. The number of nitrogens with zero attached hydrogens (tertiary/aromatic N) is 5. The molecule has 0 saturated heterocycles. The maximum Gasteiger partial charge on any atom is 0.216 e. The molecule has 702 valence electrons. The molecule has 0 amide bonds. The summed E-state index contributed by atoms with van der Waals surface area (Å²) in [4.78, 5) is 4.76. The van der Waals surface area contributed by atoms with Gasteiger partial charge in [-0.05, 0) is 230 Å². The van der Waals surface area contributed by atoms with E-state index < -0.39 is 0 Å². The van der Waals surface area contributed by atoms with Gasteiger partial charge in [-0.15, -0.1) is 0 Å². The van der Waals surface area contributed by atoms with Crippen LogP contribution >= 0.6 is 0 Å². The van der Waals surface area contributed by atoms with E-state index in [0.29, 0.717) is 35.5 Å². The molecule has 5 aliphatic rings. The Hall–Kier alpha value is -13.6. The highest BCUT2D eigenvalue weighted by atomic mass is 16.3. The monoisotopic (exact) mass is 1840 g/mol. The number of furan rings is 4. The van der Waals surface area contributed by atoms with Crippen molar-refractivity contribution in [1.82, 2.24) is 4.98 Å². The average Bonchev–Trinajstić information content (AvgIpc) is 1.52. The summed E-state index contributed by atoms with van der Waals surface area (Å²) in [7, 11) is 8.51. The maximum absolute atomic E-state index is 6.83. The smallest absolute Gasteiger partial charge is 0.216 e. The molecule has 0 unspecified atom stereocenters. The Labute approximate surface area is 825 Å². The van der Waals surface area contributed by atoms with E-state index >= 15 is 0 Å². The zero-order valence-electron chi connectivity index (χ0n) is 86.4. The second kappa shape index (κ2) is 34.1. The van der Waals surface area contributed by atoms with Gasteiger partial charge in [-0.3, -0.25) is 4.98 Å². The van der Waals surface area contributed by atoms with Crippen LogP contribution in [0.5, 0.6) is 0 Å². The highest BCUT2D eigenvalue weighted by molar-refractivity contribution is 6.21. The molecule has 9 aromatic heterocycles. The van der Waals surface area contributed by atoms with E-state index in [4.69, 9.17) is 22.7 Å². The normalized spacial score (nSPS) is 14.7. The Morgan fingerprint density at radius 3 is 1.04 bits per heavy atom. The molecule has 0 atom stereocenters. The molecule has 11 aromatic carbocycles. The van der Waals surface area contributed by atoms with Gasteiger partial charge in [0, 0.05) is 131 Å². The lowest BCUT2D eigenvalue weighted by atomic mass is 9.68. The SMILES string of the molecule is Cc1ccc2c(oc3c4c(ccc32)C(C)(C)c2ncccc2-4)c1-c1cc(C(C)C)cc[n+]1C.Cc1ccc2c(oc3ccc4c(c32)-c2ccccc2C4(C)C)c1-c1cc(C(C)C)cc[n+]1C.Cc1ccc2c(oc3ccc4c(c32)-c2ccccc2C4(CC(C)C)CC(C)C)c1-c1cc(C(C)C)cc[n+]1C.Cc1ccc2c(oc3ccc4c(c32)-c2ccccc2C42CCCC2)c1-c1cc(C(C)C)cc[n+]1C. The number of fused-ring (bicyclic) bond motifs is 30. The van der Waals surface area contributed by atoms with Crippen molar-refractivity contribution in [2.75, 3.05) is 0 Å². The Kier molecular flexibility index (Phi) is 22.3. The van der Waals surface area contributed by atoms with Crippen molar-refractivity contribution in [3.8, 4) is 89.5 Å². The molecule has 9 heteroatoms. The van der Waals surface area contributed by atoms with Crippen LogP contribution in [0.25, 0.3) is 177 Å². The number of hydrogen-bond donors (Lipinski definition) is 0. The van der Waals surface area contributed by atoms with E-state index in [1.165, 1.54) is 242 Å². The zero-order chi connectivity index (χ0) is 97.7. The summed E-state index contributed by atoms with van der Waals surface area (Å²) in [6.07, 6.45) is 18.0. The van der Waals surface area contributed by atoms with Crippen molar-refractivity contribution in [2.24, 2.45) is 40.0 Å². The van der Waals surface area contributed by atoms with Crippen molar-refractivity contribution >= 4 is 87.8 Å². The fraction of sp³-hybridized carbons (Fsp3) is 0.305. The van der Waals surface area contributed by atoms with Gasteiger partial charge in [0.05, 0.1) is 27.9 Å². The van der Waals surface area contributed by atoms with Gasteiger partial charge in [0.1, 0.15) is 72.9 Å². The van der Waals surface area contributed by atoms with Gasteiger partial charge in [-0.1, -0.05) is 281 Å².